The van der Waals surface area contributed by atoms with Crippen molar-refractivity contribution in [3.05, 3.63) is 28.5 Å². The van der Waals surface area contributed by atoms with Crippen molar-refractivity contribution in [2.45, 2.75) is 18.9 Å². The van der Waals surface area contributed by atoms with E-state index in [1.807, 2.05) is 0 Å². The molecule has 1 amide bonds. The van der Waals surface area contributed by atoms with Crippen LogP contribution < -0.4 is 15.4 Å². The molecule has 1 aliphatic heterocycles. The largest absolute Gasteiger partial charge is 0.483 e. The summed E-state index contributed by atoms with van der Waals surface area (Å²) in [5.74, 6) is -0.0554. The van der Waals surface area contributed by atoms with Crippen LogP contribution in [0.2, 0.25) is 0 Å². The van der Waals surface area contributed by atoms with Gasteiger partial charge >= 0.3 is 0 Å². The molecule has 7 heteroatoms. The standard InChI is InChI=1S/C13H16BrFN2O2.ClH/c14-11-6-9(15)3-4-12(11)19-8-13(18)17-10-2-1-5-16-7-10;/h3-4,6,10,16H,1-2,5,7-8H2,(H,17,18);1H/t10-;/m0./s1. The highest BCUT2D eigenvalue weighted by molar-refractivity contribution is 9.10. The summed E-state index contributed by atoms with van der Waals surface area (Å²) in [6.45, 7) is 1.73. The van der Waals surface area contributed by atoms with Gasteiger partial charge in [-0.15, -0.1) is 12.4 Å². The summed E-state index contributed by atoms with van der Waals surface area (Å²) < 4.78 is 18.7. The third-order valence-electron chi connectivity index (χ3n) is 2.91. The number of ether oxygens (including phenoxy) is 1. The summed E-state index contributed by atoms with van der Waals surface area (Å²) >= 11 is 3.19. The lowest BCUT2D eigenvalue weighted by atomic mass is 10.1. The molecule has 0 radical (unpaired) electrons. The first-order valence-electron chi connectivity index (χ1n) is 6.23. The van der Waals surface area contributed by atoms with Crippen LogP contribution in [0.1, 0.15) is 12.8 Å². The number of nitrogens with one attached hydrogen (secondary N) is 2. The van der Waals surface area contributed by atoms with Crippen LogP contribution in [0.25, 0.3) is 0 Å². The van der Waals surface area contributed by atoms with Crippen molar-refractivity contribution in [3.8, 4) is 5.75 Å². The van der Waals surface area contributed by atoms with Crippen molar-refractivity contribution in [2.24, 2.45) is 0 Å². The van der Waals surface area contributed by atoms with Gasteiger partial charge in [-0.2, -0.15) is 0 Å². The second-order valence-corrected chi connectivity index (χ2v) is 5.33. The Bertz CT molecular complexity index is 456. The van der Waals surface area contributed by atoms with Crippen molar-refractivity contribution in [3.63, 3.8) is 0 Å². The van der Waals surface area contributed by atoms with E-state index in [0.29, 0.717) is 10.2 Å². The van der Waals surface area contributed by atoms with Gasteiger partial charge in [0, 0.05) is 12.6 Å². The first kappa shape index (κ1) is 17.2. The van der Waals surface area contributed by atoms with Gasteiger partial charge in [-0.05, 0) is 53.5 Å². The van der Waals surface area contributed by atoms with Crippen LogP contribution in [-0.4, -0.2) is 31.6 Å². The van der Waals surface area contributed by atoms with Crippen molar-refractivity contribution in [1.82, 2.24) is 10.6 Å². The van der Waals surface area contributed by atoms with Gasteiger partial charge in [0.15, 0.2) is 6.61 Å². The minimum Gasteiger partial charge on any atom is -0.483 e. The predicted octanol–water partition coefficient (Wildman–Crippen LogP) is 2.26. The fourth-order valence-corrected chi connectivity index (χ4v) is 2.45. The zero-order chi connectivity index (χ0) is 13.7. The molecule has 1 saturated heterocycles. The number of halogens is 3. The first-order chi connectivity index (χ1) is 9.15. The van der Waals surface area contributed by atoms with E-state index in [4.69, 9.17) is 4.74 Å². The lowest BCUT2D eigenvalue weighted by Crippen LogP contribution is -2.47. The maximum absolute atomic E-state index is 12.9. The molecule has 2 N–H and O–H groups in total. The Balaban J connectivity index is 0.00000200. The average molecular weight is 368 g/mol. The second-order valence-electron chi connectivity index (χ2n) is 4.47. The van der Waals surface area contributed by atoms with Crippen LogP contribution in [0.4, 0.5) is 4.39 Å². The molecule has 1 heterocycles. The van der Waals surface area contributed by atoms with E-state index >= 15 is 0 Å². The average Bonchev–Trinajstić information content (AvgIpc) is 2.39. The molecule has 1 atom stereocenters. The molecule has 0 aliphatic carbocycles. The molecule has 0 saturated carbocycles. The van der Waals surface area contributed by atoms with Gasteiger partial charge in [-0.3, -0.25) is 4.79 Å². The number of carbonyl (C=O) groups excluding carboxylic acids is 1. The molecular formula is C13H17BrClFN2O2. The zero-order valence-corrected chi connectivity index (χ0v) is 13.2. The Morgan fingerprint density at radius 3 is 3.00 bits per heavy atom. The van der Waals surface area contributed by atoms with Gasteiger partial charge in [0.05, 0.1) is 4.47 Å². The van der Waals surface area contributed by atoms with E-state index in [1.54, 1.807) is 0 Å². The molecule has 112 valence electrons. The first-order valence-corrected chi connectivity index (χ1v) is 7.02. The molecule has 4 nitrogen and oxygen atoms in total. The molecule has 2 rings (SSSR count). The topological polar surface area (TPSA) is 50.4 Å². The molecule has 0 spiro atoms. The number of piperidine rings is 1. The number of hydrogen-bond acceptors (Lipinski definition) is 3. The van der Waals surface area contributed by atoms with Crippen LogP contribution in [0.15, 0.2) is 22.7 Å². The quantitative estimate of drug-likeness (QED) is 0.858. The van der Waals surface area contributed by atoms with Gasteiger partial charge in [-0.25, -0.2) is 4.39 Å². The summed E-state index contributed by atoms with van der Waals surface area (Å²) in [5, 5.41) is 6.13. The second kappa shape index (κ2) is 8.44. The predicted molar refractivity (Wildman–Crippen MR) is 80.9 cm³/mol. The van der Waals surface area contributed by atoms with Crippen LogP contribution in [-0.2, 0) is 4.79 Å². The van der Waals surface area contributed by atoms with Gasteiger partial charge in [0.2, 0.25) is 0 Å². The number of carbonyl (C=O) groups is 1. The van der Waals surface area contributed by atoms with E-state index < -0.39 is 0 Å². The Kier molecular flexibility index (Phi) is 7.26. The third kappa shape index (κ3) is 5.26. The van der Waals surface area contributed by atoms with Gasteiger partial charge < -0.3 is 15.4 Å². The highest BCUT2D eigenvalue weighted by Gasteiger charge is 2.15. The van der Waals surface area contributed by atoms with E-state index in [9.17, 15) is 9.18 Å². The minimum atomic E-state index is -0.350. The van der Waals surface area contributed by atoms with Crippen molar-refractivity contribution < 1.29 is 13.9 Å². The minimum absolute atomic E-state index is 0. The van der Waals surface area contributed by atoms with Gasteiger partial charge in [0.1, 0.15) is 11.6 Å². The monoisotopic (exact) mass is 366 g/mol. The zero-order valence-electron chi connectivity index (χ0n) is 10.8. The molecule has 1 aromatic carbocycles. The fourth-order valence-electron chi connectivity index (χ4n) is 1.98. The Hall–Kier alpha value is -0.850. The lowest BCUT2D eigenvalue weighted by molar-refractivity contribution is -0.123. The molecule has 0 bridgehead atoms. The maximum Gasteiger partial charge on any atom is 0.258 e. The van der Waals surface area contributed by atoms with Crippen molar-refractivity contribution in [1.29, 1.82) is 0 Å². The normalized spacial score (nSPS) is 18.0. The van der Waals surface area contributed by atoms with Gasteiger partial charge in [-0.1, -0.05) is 0 Å². The SMILES string of the molecule is Cl.O=C(COc1ccc(F)cc1Br)N[C@H]1CCCNC1. The summed E-state index contributed by atoms with van der Waals surface area (Å²) in [6.07, 6.45) is 2.05. The molecule has 1 aliphatic rings. The number of hydrogen-bond donors (Lipinski definition) is 2. The Morgan fingerprint density at radius 2 is 2.35 bits per heavy atom. The van der Waals surface area contributed by atoms with E-state index in [2.05, 4.69) is 26.6 Å². The van der Waals surface area contributed by atoms with Crippen molar-refractivity contribution >= 4 is 34.2 Å². The van der Waals surface area contributed by atoms with Crippen LogP contribution in [0, 0.1) is 5.82 Å². The summed E-state index contributed by atoms with van der Waals surface area (Å²) in [6, 6.07) is 4.26. The lowest BCUT2D eigenvalue weighted by Gasteiger charge is -2.23. The smallest absolute Gasteiger partial charge is 0.258 e. The number of benzene rings is 1. The van der Waals surface area contributed by atoms with Crippen LogP contribution in [0.5, 0.6) is 5.75 Å². The summed E-state index contributed by atoms with van der Waals surface area (Å²) in [5.41, 5.74) is 0. The maximum atomic E-state index is 12.9. The summed E-state index contributed by atoms with van der Waals surface area (Å²) in [4.78, 5) is 11.7. The molecule has 0 unspecified atom stereocenters. The highest BCUT2D eigenvalue weighted by atomic mass is 79.9. The number of rotatable bonds is 4. The Labute approximate surface area is 132 Å². The van der Waals surface area contributed by atoms with Gasteiger partial charge in [0.25, 0.3) is 5.91 Å². The van der Waals surface area contributed by atoms with Crippen LogP contribution >= 0.6 is 28.3 Å². The molecule has 0 aromatic heterocycles. The number of amides is 1. The highest BCUT2D eigenvalue weighted by Crippen LogP contribution is 2.25. The van der Waals surface area contributed by atoms with Crippen LogP contribution in [0.3, 0.4) is 0 Å². The Morgan fingerprint density at radius 1 is 1.55 bits per heavy atom. The summed E-state index contributed by atoms with van der Waals surface area (Å²) in [7, 11) is 0. The molecular weight excluding hydrogens is 351 g/mol. The molecule has 20 heavy (non-hydrogen) atoms. The fraction of sp³-hybridized carbons (Fsp3) is 0.462. The molecule has 1 fully saturated rings. The third-order valence-corrected chi connectivity index (χ3v) is 3.53. The van der Waals surface area contributed by atoms with E-state index in [1.165, 1.54) is 18.2 Å². The van der Waals surface area contributed by atoms with Crippen molar-refractivity contribution in [2.75, 3.05) is 19.7 Å². The molecule has 1 aromatic rings. The van der Waals surface area contributed by atoms with E-state index in [-0.39, 0.29) is 36.8 Å². The van der Waals surface area contributed by atoms with E-state index in [0.717, 1.165) is 25.9 Å².